The van der Waals surface area contributed by atoms with Gasteiger partial charge >= 0.3 is 0 Å². The summed E-state index contributed by atoms with van der Waals surface area (Å²) in [6.07, 6.45) is 1.49. The zero-order valence-corrected chi connectivity index (χ0v) is 14.0. The van der Waals surface area contributed by atoms with Crippen molar-refractivity contribution in [2.24, 2.45) is 0 Å². The summed E-state index contributed by atoms with van der Waals surface area (Å²) >= 11 is 0. The molecule has 2 heterocycles. The summed E-state index contributed by atoms with van der Waals surface area (Å²) in [7, 11) is 0. The second-order valence-electron chi connectivity index (χ2n) is 5.96. The maximum atomic E-state index is 13.2. The van der Waals surface area contributed by atoms with E-state index in [9.17, 15) is 14.3 Å². The molecule has 0 aliphatic carbocycles. The van der Waals surface area contributed by atoms with Crippen LogP contribution in [0, 0.1) is 5.82 Å². The first-order chi connectivity index (χ1) is 13.1. The van der Waals surface area contributed by atoms with Crippen molar-refractivity contribution in [2.45, 2.75) is 6.42 Å². The summed E-state index contributed by atoms with van der Waals surface area (Å²) in [5, 5.41) is 24.2. The van der Waals surface area contributed by atoms with E-state index in [0.717, 1.165) is 22.5 Å². The molecule has 0 unspecified atom stereocenters. The van der Waals surface area contributed by atoms with Crippen LogP contribution in [0.5, 0.6) is 0 Å². The number of aliphatic hydroxyl groups is 1. The van der Waals surface area contributed by atoms with E-state index in [1.165, 1.54) is 12.1 Å². The molecule has 2 aromatic carbocycles. The lowest BCUT2D eigenvalue weighted by Gasteiger charge is -2.05. The number of nitrogens with one attached hydrogen (secondary N) is 2. The van der Waals surface area contributed by atoms with Crippen molar-refractivity contribution in [1.82, 2.24) is 25.6 Å². The summed E-state index contributed by atoms with van der Waals surface area (Å²) in [4.78, 5) is 15.4. The van der Waals surface area contributed by atoms with Gasteiger partial charge in [0, 0.05) is 34.7 Å². The average molecular weight is 363 g/mol. The highest BCUT2D eigenvalue weighted by atomic mass is 19.1. The summed E-state index contributed by atoms with van der Waals surface area (Å²) < 4.78 is 13.2. The Hall–Kier alpha value is -3.81. The second kappa shape index (κ2) is 6.83. The van der Waals surface area contributed by atoms with Gasteiger partial charge in [-0.05, 0) is 29.0 Å². The smallest absolute Gasteiger partial charge is 0.244 e. The Balaban J connectivity index is 1.78. The molecule has 8 heteroatoms. The number of aromatic amines is 2. The molecule has 0 aliphatic heterocycles. The maximum Gasteiger partial charge on any atom is 0.244 e. The van der Waals surface area contributed by atoms with Crippen LogP contribution in [-0.4, -0.2) is 36.5 Å². The minimum absolute atomic E-state index is 0.138. The van der Waals surface area contributed by atoms with Crippen LogP contribution in [-0.2, 0) is 6.42 Å². The normalized spacial score (nSPS) is 11.8. The zero-order valence-electron chi connectivity index (χ0n) is 14.0. The molecule has 4 aromatic rings. The SMILES string of the molecule is O=C(C=C(O)c1c(Cc2ccc(F)cc2)[nH]c2ccccc12)c1nn[nH]n1. The van der Waals surface area contributed by atoms with Gasteiger partial charge in [0.05, 0.1) is 0 Å². The predicted octanol–water partition coefficient (Wildman–Crippen LogP) is 3.19. The fourth-order valence-corrected chi connectivity index (χ4v) is 2.96. The van der Waals surface area contributed by atoms with Gasteiger partial charge in [0.2, 0.25) is 11.6 Å². The van der Waals surface area contributed by atoms with E-state index in [2.05, 4.69) is 25.6 Å². The van der Waals surface area contributed by atoms with Gasteiger partial charge in [0.1, 0.15) is 11.6 Å². The molecule has 0 radical (unpaired) electrons. The molecule has 0 atom stereocenters. The summed E-state index contributed by atoms with van der Waals surface area (Å²) in [5.74, 6) is -1.23. The molecule has 0 saturated heterocycles. The maximum absolute atomic E-state index is 13.2. The van der Waals surface area contributed by atoms with Crippen LogP contribution in [0.4, 0.5) is 4.39 Å². The summed E-state index contributed by atoms with van der Waals surface area (Å²) in [6.45, 7) is 0. The number of fused-ring (bicyclic) bond motifs is 1. The molecule has 0 spiro atoms. The molecule has 134 valence electrons. The number of ketones is 1. The van der Waals surface area contributed by atoms with E-state index >= 15 is 0 Å². The van der Waals surface area contributed by atoms with Crippen LogP contribution in [0.25, 0.3) is 16.7 Å². The van der Waals surface area contributed by atoms with Crippen LogP contribution in [0.1, 0.15) is 27.4 Å². The molecule has 7 nitrogen and oxygen atoms in total. The molecular weight excluding hydrogens is 349 g/mol. The lowest BCUT2D eigenvalue weighted by molar-refractivity contribution is 0.103. The Morgan fingerprint density at radius 1 is 1.15 bits per heavy atom. The van der Waals surface area contributed by atoms with Gasteiger partial charge in [-0.15, -0.1) is 10.2 Å². The highest BCUT2D eigenvalue weighted by Gasteiger charge is 2.18. The van der Waals surface area contributed by atoms with Crippen molar-refractivity contribution in [3.63, 3.8) is 0 Å². The van der Waals surface area contributed by atoms with Crippen molar-refractivity contribution in [1.29, 1.82) is 0 Å². The number of para-hydroxylation sites is 1. The van der Waals surface area contributed by atoms with E-state index in [0.29, 0.717) is 17.7 Å². The van der Waals surface area contributed by atoms with Crippen LogP contribution in [0.3, 0.4) is 0 Å². The van der Waals surface area contributed by atoms with E-state index in [-0.39, 0.29) is 17.4 Å². The third-order valence-electron chi connectivity index (χ3n) is 4.17. The third-order valence-corrected chi connectivity index (χ3v) is 4.17. The standard InChI is InChI=1S/C19H14FN5O2/c20-12-7-5-11(6-8-12)9-15-18(13-3-1-2-4-14(13)21-15)16(26)10-17(27)19-22-24-25-23-19/h1-8,10,21,26H,9H2,(H,22,23,24,25). The van der Waals surface area contributed by atoms with Gasteiger partial charge in [-0.2, -0.15) is 5.21 Å². The molecule has 0 bridgehead atoms. The monoisotopic (exact) mass is 363 g/mol. The van der Waals surface area contributed by atoms with Crippen LogP contribution in [0.2, 0.25) is 0 Å². The Kier molecular flexibility index (Phi) is 4.21. The van der Waals surface area contributed by atoms with Gasteiger partial charge in [0.15, 0.2) is 0 Å². The first-order valence-electron chi connectivity index (χ1n) is 8.14. The van der Waals surface area contributed by atoms with E-state index in [4.69, 9.17) is 0 Å². The molecule has 27 heavy (non-hydrogen) atoms. The van der Waals surface area contributed by atoms with Gasteiger partial charge in [-0.25, -0.2) is 4.39 Å². The first-order valence-corrected chi connectivity index (χ1v) is 8.14. The number of hydrogen-bond donors (Lipinski definition) is 3. The number of halogens is 1. The quantitative estimate of drug-likeness (QED) is 0.287. The largest absolute Gasteiger partial charge is 0.507 e. The van der Waals surface area contributed by atoms with Crippen LogP contribution in [0.15, 0.2) is 54.6 Å². The number of nitrogens with zero attached hydrogens (tertiary/aromatic N) is 3. The molecule has 0 amide bonds. The average Bonchev–Trinajstić information content (AvgIpc) is 3.31. The van der Waals surface area contributed by atoms with Crippen molar-refractivity contribution in [3.8, 4) is 0 Å². The summed E-state index contributed by atoms with van der Waals surface area (Å²) in [6, 6.07) is 13.6. The van der Waals surface area contributed by atoms with E-state index in [1.54, 1.807) is 12.1 Å². The number of carbonyl (C=O) groups is 1. The van der Waals surface area contributed by atoms with Crippen molar-refractivity contribution >= 4 is 22.4 Å². The minimum atomic E-state index is -0.570. The lowest BCUT2D eigenvalue weighted by atomic mass is 10.0. The Morgan fingerprint density at radius 3 is 2.67 bits per heavy atom. The number of rotatable bonds is 5. The van der Waals surface area contributed by atoms with Gasteiger partial charge in [-0.1, -0.05) is 30.3 Å². The molecular formula is C19H14FN5O2. The van der Waals surface area contributed by atoms with Crippen molar-refractivity contribution in [3.05, 3.63) is 83.1 Å². The fourth-order valence-electron chi connectivity index (χ4n) is 2.96. The number of hydrogen-bond acceptors (Lipinski definition) is 5. The highest BCUT2D eigenvalue weighted by molar-refractivity contribution is 6.07. The van der Waals surface area contributed by atoms with Crippen molar-refractivity contribution in [2.75, 3.05) is 0 Å². The summed E-state index contributed by atoms with van der Waals surface area (Å²) in [5.41, 5.74) is 2.89. The third kappa shape index (κ3) is 3.32. The van der Waals surface area contributed by atoms with E-state index < -0.39 is 5.78 Å². The number of aliphatic hydroxyl groups excluding tert-OH is 1. The molecule has 0 fully saturated rings. The Bertz CT molecular complexity index is 1130. The first kappa shape index (κ1) is 16.6. The number of tetrazole rings is 1. The topological polar surface area (TPSA) is 108 Å². The molecule has 0 saturated carbocycles. The molecule has 0 aliphatic rings. The second-order valence-corrected chi connectivity index (χ2v) is 5.96. The molecule has 4 rings (SSSR count). The minimum Gasteiger partial charge on any atom is -0.507 e. The number of benzene rings is 2. The van der Waals surface area contributed by atoms with Crippen LogP contribution >= 0.6 is 0 Å². The number of allylic oxidation sites excluding steroid dienone is 1. The Morgan fingerprint density at radius 2 is 1.93 bits per heavy atom. The van der Waals surface area contributed by atoms with Gasteiger partial charge < -0.3 is 10.1 Å². The van der Waals surface area contributed by atoms with Gasteiger partial charge in [-0.3, -0.25) is 4.79 Å². The number of carbonyl (C=O) groups excluding carboxylic acids is 1. The highest BCUT2D eigenvalue weighted by Crippen LogP contribution is 2.29. The predicted molar refractivity (Wildman–Crippen MR) is 96.6 cm³/mol. The molecule has 3 N–H and O–H groups in total. The van der Waals surface area contributed by atoms with Crippen molar-refractivity contribution < 1.29 is 14.3 Å². The molecule has 2 aromatic heterocycles. The van der Waals surface area contributed by atoms with Crippen LogP contribution < -0.4 is 0 Å². The fraction of sp³-hybridized carbons (Fsp3) is 0.0526. The zero-order chi connectivity index (χ0) is 18.8. The number of aromatic nitrogens is 5. The number of H-pyrrole nitrogens is 2. The lowest BCUT2D eigenvalue weighted by Crippen LogP contribution is -2.01. The Labute approximate surface area is 152 Å². The van der Waals surface area contributed by atoms with E-state index in [1.807, 2.05) is 24.3 Å². The van der Waals surface area contributed by atoms with Gasteiger partial charge in [0.25, 0.3) is 0 Å².